The van der Waals surface area contributed by atoms with Crippen LogP contribution in [0.4, 0.5) is 5.69 Å². The number of pyridine rings is 1. The summed E-state index contributed by atoms with van der Waals surface area (Å²) in [6, 6.07) is 13.1. The van der Waals surface area contributed by atoms with Gasteiger partial charge in [0.05, 0.1) is 34.0 Å². The van der Waals surface area contributed by atoms with E-state index in [-0.39, 0.29) is 23.4 Å². The Bertz CT molecular complexity index is 1780. The second kappa shape index (κ2) is 16.6. The van der Waals surface area contributed by atoms with Crippen LogP contribution in [0.1, 0.15) is 67.3 Å². The third-order valence-corrected chi connectivity index (χ3v) is 12.9. The monoisotopic (exact) mass is 737 g/mol. The average molecular weight is 738 g/mol. The first-order valence-corrected chi connectivity index (χ1v) is 19.9. The molecule has 2 fully saturated rings. The summed E-state index contributed by atoms with van der Waals surface area (Å²) in [6.07, 6.45) is 12.1. The Morgan fingerprint density at radius 1 is 0.870 bits per heavy atom. The summed E-state index contributed by atoms with van der Waals surface area (Å²) in [5.74, 6) is 3.39. The molecule has 1 saturated carbocycles. The quantitative estimate of drug-likeness (QED) is 0.153. The molecule has 10 heteroatoms. The van der Waals surface area contributed by atoms with Crippen LogP contribution in [0.3, 0.4) is 0 Å². The number of carbonyl (C=O) groups excluding carboxylic acids is 1. The summed E-state index contributed by atoms with van der Waals surface area (Å²) in [5.41, 5.74) is 6.09. The number of fused-ring (bicyclic) bond motifs is 3. The minimum atomic E-state index is -0.328. The maximum absolute atomic E-state index is 14.8. The predicted molar refractivity (Wildman–Crippen MR) is 213 cm³/mol. The lowest BCUT2D eigenvalue weighted by Gasteiger charge is -2.60. The van der Waals surface area contributed by atoms with E-state index in [1.807, 2.05) is 18.5 Å². The zero-order valence-corrected chi connectivity index (χ0v) is 33.0. The van der Waals surface area contributed by atoms with E-state index < -0.39 is 0 Å². The number of hydrogen-bond acceptors (Lipinski definition) is 9. The fourth-order valence-corrected chi connectivity index (χ4v) is 10.3. The van der Waals surface area contributed by atoms with Crippen LogP contribution in [0, 0.1) is 11.8 Å². The van der Waals surface area contributed by atoms with Crippen molar-refractivity contribution in [3.63, 3.8) is 0 Å². The average Bonchev–Trinajstić information content (AvgIpc) is 3.23. The summed E-state index contributed by atoms with van der Waals surface area (Å²) < 4.78 is 23.7. The largest absolute Gasteiger partial charge is 0.493 e. The van der Waals surface area contributed by atoms with Crippen LogP contribution < -0.4 is 23.8 Å². The third-order valence-electron chi connectivity index (χ3n) is 12.9. The molecule has 0 bridgehead atoms. The minimum Gasteiger partial charge on any atom is -0.493 e. The van der Waals surface area contributed by atoms with Crippen LogP contribution in [0.5, 0.6) is 23.0 Å². The number of benzene rings is 2. The van der Waals surface area contributed by atoms with Gasteiger partial charge in [-0.25, -0.2) is 0 Å². The van der Waals surface area contributed by atoms with E-state index in [4.69, 9.17) is 18.9 Å². The first-order valence-electron chi connectivity index (χ1n) is 19.9. The Morgan fingerprint density at radius 3 is 2.19 bits per heavy atom. The molecule has 10 nitrogen and oxygen atoms in total. The van der Waals surface area contributed by atoms with Crippen molar-refractivity contribution in [1.29, 1.82) is 0 Å². The Kier molecular flexibility index (Phi) is 11.7. The van der Waals surface area contributed by atoms with Gasteiger partial charge >= 0.3 is 0 Å². The van der Waals surface area contributed by atoms with E-state index in [0.717, 1.165) is 120 Å². The van der Waals surface area contributed by atoms with Crippen molar-refractivity contribution in [3.05, 3.63) is 83.7 Å². The highest BCUT2D eigenvalue weighted by Gasteiger charge is 2.56. The Hall–Kier alpha value is -4.28. The zero-order valence-electron chi connectivity index (χ0n) is 33.0. The first kappa shape index (κ1) is 38.0. The van der Waals surface area contributed by atoms with Crippen LogP contribution in [-0.4, -0.2) is 106 Å². The van der Waals surface area contributed by atoms with Crippen molar-refractivity contribution in [2.75, 3.05) is 85.7 Å². The van der Waals surface area contributed by atoms with E-state index in [0.29, 0.717) is 5.91 Å². The van der Waals surface area contributed by atoms with Crippen LogP contribution in [0.15, 0.2) is 61.4 Å². The molecule has 54 heavy (non-hydrogen) atoms. The summed E-state index contributed by atoms with van der Waals surface area (Å²) >= 11 is 0. The normalized spacial score (nSPS) is 24.4. The van der Waals surface area contributed by atoms with Crippen molar-refractivity contribution < 1.29 is 23.7 Å². The van der Waals surface area contributed by atoms with Gasteiger partial charge in [-0.3, -0.25) is 19.6 Å². The minimum absolute atomic E-state index is 0.0682. The maximum Gasteiger partial charge on any atom is 0.225 e. The van der Waals surface area contributed by atoms with Crippen molar-refractivity contribution in [1.82, 2.24) is 19.7 Å². The zero-order chi connectivity index (χ0) is 37.8. The number of carbonyl (C=O) groups is 1. The Balaban J connectivity index is 1.34. The van der Waals surface area contributed by atoms with Crippen molar-refractivity contribution in [2.24, 2.45) is 11.8 Å². The highest BCUT2D eigenvalue weighted by molar-refractivity contribution is 5.79. The van der Waals surface area contributed by atoms with E-state index in [1.165, 1.54) is 27.9 Å². The first-order chi connectivity index (χ1) is 26.4. The van der Waals surface area contributed by atoms with Gasteiger partial charge in [-0.2, -0.15) is 0 Å². The number of amides is 1. The van der Waals surface area contributed by atoms with E-state index >= 15 is 0 Å². The molecular weight excluding hydrogens is 679 g/mol. The van der Waals surface area contributed by atoms with E-state index in [9.17, 15) is 4.79 Å². The van der Waals surface area contributed by atoms with Crippen LogP contribution in [0.25, 0.3) is 0 Å². The number of likely N-dealkylation sites (N-methyl/N-ethyl adjacent to an activating group) is 1. The molecule has 7 rings (SSSR count). The number of piperazine rings is 1. The van der Waals surface area contributed by atoms with Crippen LogP contribution in [-0.2, 0) is 23.2 Å². The molecule has 4 heterocycles. The number of aromatic nitrogens is 1. The number of methoxy groups -OCH3 is 4. The molecule has 0 radical (unpaired) electrons. The molecule has 0 N–H and O–H groups in total. The van der Waals surface area contributed by atoms with Crippen molar-refractivity contribution in [3.8, 4) is 23.0 Å². The maximum atomic E-state index is 14.8. The second-order valence-corrected chi connectivity index (χ2v) is 15.3. The topological polar surface area (TPSA) is 79.8 Å². The number of unbranched alkanes of at least 4 members (excludes halogenated alkanes) is 1. The van der Waals surface area contributed by atoms with Crippen molar-refractivity contribution >= 4 is 11.6 Å². The molecular formula is C44H59N5O5. The fourth-order valence-electron chi connectivity index (χ4n) is 10.3. The van der Waals surface area contributed by atoms with Gasteiger partial charge in [0.15, 0.2) is 23.0 Å². The Morgan fingerprint density at radius 2 is 1.52 bits per heavy atom. The van der Waals surface area contributed by atoms with E-state index in [1.54, 1.807) is 28.4 Å². The van der Waals surface area contributed by atoms with E-state index in [2.05, 4.69) is 74.5 Å². The molecule has 3 aliphatic heterocycles. The summed E-state index contributed by atoms with van der Waals surface area (Å²) in [4.78, 5) is 28.9. The van der Waals surface area contributed by atoms with Crippen LogP contribution in [0.2, 0.25) is 0 Å². The Labute approximate surface area is 322 Å². The molecule has 4 atom stereocenters. The molecule has 1 aliphatic carbocycles. The van der Waals surface area contributed by atoms with Crippen LogP contribution >= 0.6 is 0 Å². The SMILES string of the molecule is C=CCCCN1CCc2cc(OC)c(OC)cc2C12CCC(C(=O)N1CCN(c3ccncc3)CC1)CC2C1c2cc(OC)c(OC)cc2CCN1CC. The molecule has 1 aromatic heterocycles. The van der Waals surface area contributed by atoms with Gasteiger partial charge in [0.1, 0.15) is 0 Å². The lowest BCUT2D eigenvalue weighted by molar-refractivity contribution is -0.142. The van der Waals surface area contributed by atoms with Gasteiger partial charge in [-0.1, -0.05) is 13.0 Å². The molecule has 1 amide bonds. The molecule has 1 saturated heterocycles. The summed E-state index contributed by atoms with van der Waals surface area (Å²) in [5, 5.41) is 0. The summed E-state index contributed by atoms with van der Waals surface area (Å²) in [6.45, 7) is 13.2. The highest BCUT2D eigenvalue weighted by atomic mass is 16.5. The lowest BCUT2D eigenvalue weighted by Crippen LogP contribution is -2.62. The number of rotatable bonds is 12. The van der Waals surface area contributed by atoms with Gasteiger partial charge in [-0.15, -0.1) is 6.58 Å². The lowest BCUT2D eigenvalue weighted by atomic mass is 9.58. The highest BCUT2D eigenvalue weighted by Crippen LogP contribution is 2.59. The van der Waals surface area contributed by atoms with Gasteiger partial charge < -0.3 is 28.7 Å². The van der Waals surface area contributed by atoms with Crippen molar-refractivity contribution in [2.45, 2.75) is 63.5 Å². The second-order valence-electron chi connectivity index (χ2n) is 15.3. The van der Waals surface area contributed by atoms with Gasteiger partial charge in [-0.05, 0) is 117 Å². The number of anilines is 1. The van der Waals surface area contributed by atoms with Gasteiger partial charge in [0.25, 0.3) is 0 Å². The number of hydrogen-bond donors (Lipinski definition) is 0. The molecule has 2 aromatic carbocycles. The van der Waals surface area contributed by atoms with Gasteiger partial charge in [0.2, 0.25) is 5.91 Å². The predicted octanol–water partition coefficient (Wildman–Crippen LogP) is 6.52. The summed E-state index contributed by atoms with van der Waals surface area (Å²) in [7, 11) is 6.90. The smallest absolute Gasteiger partial charge is 0.225 e. The molecule has 1 spiro atoms. The fraction of sp³-hybridized carbons (Fsp3) is 0.545. The standard InChI is InChI=1S/C44H59N5O5/c1-7-9-10-19-49-21-15-32-28-39(52-4)41(54-6)30-36(32)44(49)16-11-33(43(50)48-24-22-47(23-25-48)34-12-17-45-18-13-34)26-37(44)42-35-29-40(53-5)38(51-3)27-31(35)14-20-46(42)8-2/h7,12-13,17-18,27-30,33,37,42H,1,8-11,14-16,19-26H2,2-6H3. The molecule has 4 aliphatic rings. The molecule has 290 valence electrons. The molecule has 4 unspecified atom stereocenters. The third kappa shape index (κ3) is 6.92. The molecule has 3 aromatic rings. The number of nitrogens with zero attached hydrogens (tertiary/aromatic N) is 5. The number of ether oxygens (including phenoxy) is 4. The number of allylic oxidation sites excluding steroid dienone is 1. The van der Waals surface area contributed by atoms with Gasteiger partial charge in [0, 0.05) is 75.2 Å².